The number of nitrogens with zero attached hydrogens (tertiary/aromatic N) is 3. The first-order chi connectivity index (χ1) is 13.5. The number of aromatic nitrogens is 2. The van der Waals surface area contributed by atoms with Gasteiger partial charge in [0.05, 0.1) is 22.1 Å². The average Bonchev–Trinajstić information content (AvgIpc) is 3.13. The van der Waals surface area contributed by atoms with Crippen molar-refractivity contribution in [1.29, 1.82) is 0 Å². The third-order valence-corrected chi connectivity index (χ3v) is 5.51. The average molecular weight is 463 g/mol. The van der Waals surface area contributed by atoms with Crippen LogP contribution in [-0.4, -0.2) is 22.7 Å². The molecule has 144 valence electrons. The molecule has 1 aromatic heterocycles. The Morgan fingerprint density at radius 2 is 2.07 bits per heavy atom. The summed E-state index contributed by atoms with van der Waals surface area (Å²) in [6.45, 7) is 4.23. The number of rotatable bonds is 4. The molecule has 1 aliphatic rings. The van der Waals surface area contributed by atoms with Crippen LogP contribution < -0.4 is 15.0 Å². The summed E-state index contributed by atoms with van der Waals surface area (Å²) in [6, 6.07) is 8.88. The zero-order valence-corrected chi connectivity index (χ0v) is 17.6. The summed E-state index contributed by atoms with van der Waals surface area (Å²) in [5.74, 6) is 1.86. The lowest BCUT2D eigenvalue weighted by Gasteiger charge is -2.14. The van der Waals surface area contributed by atoms with Crippen LogP contribution in [0.1, 0.15) is 37.6 Å². The maximum Gasteiger partial charge on any atom is 0.282 e. The molecule has 0 fully saturated rings. The van der Waals surface area contributed by atoms with E-state index in [-0.39, 0.29) is 18.3 Å². The Morgan fingerprint density at radius 3 is 2.82 bits per heavy atom. The molecule has 0 unspecified atom stereocenters. The second-order valence-corrected chi connectivity index (χ2v) is 7.85. The molecular formula is C20H17BrClN3O3. The molecule has 0 spiro atoms. The predicted molar refractivity (Wildman–Crippen MR) is 113 cm³/mol. The van der Waals surface area contributed by atoms with E-state index in [1.807, 2.05) is 26.0 Å². The zero-order valence-electron chi connectivity index (χ0n) is 15.3. The second-order valence-electron chi connectivity index (χ2n) is 6.53. The molecule has 1 aliphatic heterocycles. The molecule has 6 nitrogen and oxygen atoms in total. The first-order valence-electron chi connectivity index (χ1n) is 8.83. The highest BCUT2D eigenvalue weighted by Gasteiger charge is 2.18. The fourth-order valence-corrected chi connectivity index (χ4v) is 3.49. The van der Waals surface area contributed by atoms with Crippen LogP contribution in [0.15, 0.2) is 44.7 Å². The summed E-state index contributed by atoms with van der Waals surface area (Å²) < 4.78 is 12.9. The van der Waals surface area contributed by atoms with Crippen molar-refractivity contribution in [3.63, 3.8) is 0 Å². The smallest absolute Gasteiger partial charge is 0.282 e. The van der Waals surface area contributed by atoms with E-state index in [1.54, 1.807) is 24.4 Å². The quantitative estimate of drug-likeness (QED) is 0.515. The van der Waals surface area contributed by atoms with Crippen LogP contribution >= 0.6 is 27.5 Å². The third kappa shape index (κ3) is 3.40. The number of hydrogen-bond acceptors (Lipinski definition) is 5. The van der Waals surface area contributed by atoms with Gasteiger partial charge in [-0.2, -0.15) is 9.78 Å². The lowest BCUT2D eigenvalue weighted by atomic mass is 10.1. The lowest BCUT2D eigenvalue weighted by molar-refractivity contribution is 0.174. The summed E-state index contributed by atoms with van der Waals surface area (Å²) in [5, 5.41) is 5.39. The maximum atomic E-state index is 13.1. The van der Waals surface area contributed by atoms with Crippen molar-refractivity contribution in [1.82, 2.24) is 9.66 Å². The molecule has 0 saturated carbocycles. The van der Waals surface area contributed by atoms with E-state index >= 15 is 0 Å². The Kier molecular flexibility index (Phi) is 5.12. The van der Waals surface area contributed by atoms with Crippen LogP contribution in [0, 0.1) is 0 Å². The summed E-state index contributed by atoms with van der Waals surface area (Å²) in [4.78, 5) is 17.8. The van der Waals surface area contributed by atoms with Gasteiger partial charge in [-0.05, 0) is 30.7 Å². The van der Waals surface area contributed by atoms with E-state index in [1.165, 1.54) is 4.68 Å². The summed E-state index contributed by atoms with van der Waals surface area (Å²) in [5.41, 5.74) is 1.05. The molecule has 8 heteroatoms. The number of fused-ring (bicyclic) bond motifs is 2. The molecule has 3 aromatic rings. The third-order valence-electron chi connectivity index (χ3n) is 4.69. The highest BCUT2D eigenvalue weighted by molar-refractivity contribution is 9.10. The van der Waals surface area contributed by atoms with Crippen molar-refractivity contribution >= 4 is 44.6 Å². The fraction of sp³-hybridized carbons (Fsp3) is 0.250. The number of ether oxygens (including phenoxy) is 2. The highest BCUT2D eigenvalue weighted by Crippen LogP contribution is 2.36. The van der Waals surface area contributed by atoms with Crippen LogP contribution in [0.4, 0.5) is 0 Å². The molecular weight excluding hydrogens is 446 g/mol. The van der Waals surface area contributed by atoms with Gasteiger partial charge in [0.2, 0.25) is 6.79 Å². The van der Waals surface area contributed by atoms with Gasteiger partial charge in [0, 0.05) is 22.0 Å². The van der Waals surface area contributed by atoms with E-state index in [2.05, 4.69) is 21.0 Å². The van der Waals surface area contributed by atoms with Crippen molar-refractivity contribution in [3.8, 4) is 11.5 Å². The van der Waals surface area contributed by atoms with Gasteiger partial charge in [0.15, 0.2) is 11.5 Å². The standard InChI is InChI=1S/C20H17BrClN3O3/c1-3-11(2)19-24-16-5-4-13(21)7-14(16)20(26)25(19)23-9-12-6-17-18(8-15(12)22)28-10-27-17/h4-9,11H,3,10H2,1-2H3/t11-/m1/s1. The van der Waals surface area contributed by atoms with E-state index in [4.69, 9.17) is 26.1 Å². The lowest BCUT2D eigenvalue weighted by Crippen LogP contribution is -2.23. The number of benzene rings is 2. The van der Waals surface area contributed by atoms with Crippen LogP contribution in [-0.2, 0) is 0 Å². The number of halogens is 2. The second kappa shape index (κ2) is 7.56. The Balaban J connectivity index is 1.86. The molecule has 0 amide bonds. The zero-order chi connectivity index (χ0) is 19.8. The van der Waals surface area contributed by atoms with Gasteiger partial charge < -0.3 is 9.47 Å². The molecule has 0 N–H and O–H groups in total. The molecule has 4 rings (SSSR count). The van der Waals surface area contributed by atoms with E-state index in [0.29, 0.717) is 38.8 Å². The van der Waals surface area contributed by atoms with Crippen molar-refractivity contribution in [2.45, 2.75) is 26.2 Å². The van der Waals surface area contributed by atoms with Crippen LogP contribution in [0.3, 0.4) is 0 Å². The van der Waals surface area contributed by atoms with Crippen molar-refractivity contribution in [3.05, 3.63) is 61.6 Å². The molecule has 2 heterocycles. The van der Waals surface area contributed by atoms with Gasteiger partial charge in [0.25, 0.3) is 5.56 Å². The predicted octanol–water partition coefficient (Wildman–Crippen LogP) is 4.94. The van der Waals surface area contributed by atoms with Gasteiger partial charge in [-0.1, -0.05) is 41.4 Å². The van der Waals surface area contributed by atoms with Gasteiger partial charge >= 0.3 is 0 Å². The Morgan fingerprint density at radius 1 is 1.32 bits per heavy atom. The normalized spacial score (nSPS) is 14.1. The van der Waals surface area contributed by atoms with Gasteiger partial charge in [0.1, 0.15) is 5.82 Å². The van der Waals surface area contributed by atoms with Crippen LogP contribution in [0.2, 0.25) is 5.02 Å². The Bertz CT molecular complexity index is 1160. The molecule has 0 radical (unpaired) electrons. The van der Waals surface area contributed by atoms with Gasteiger partial charge in [-0.3, -0.25) is 4.79 Å². The van der Waals surface area contributed by atoms with E-state index < -0.39 is 0 Å². The first kappa shape index (κ1) is 19.0. The summed E-state index contributed by atoms with van der Waals surface area (Å²) in [6.07, 6.45) is 2.37. The molecule has 0 aliphatic carbocycles. The Labute approximate surface area is 174 Å². The summed E-state index contributed by atoms with van der Waals surface area (Å²) in [7, 11) is 0. The largest absolute Gasteiger partial charge is 0.454 e. The fourth-order valence-electron chi connectivity index (χ4n) is 2.93. The van der Waals surface area contributed by atoms with Gasteiger partial charge in [-0.15, -0.1) is 0 Å². The topological polar surface area (TPSA) is 65.7 Å². The molecule has 1 atom stereocenters. The maximum absolute atomic E-state index is 13.1. The summed E-state index contributed by atoms with van der Waals surface area (Å²) >= 11 is 9.73. The monoisotopic (exact) mass is 461 g/mol. The molecule has 0 bridgehead atoms. The minimum atomic E-state index is -0.227. The minimum Gasteiger partial charge on any atom is -0.454 e. The SMILES string of the molecule is CC[C@@H](C)c1nc2ccc(Br)cc2c(=O)n1N=Cc1cc2c(cc1Cl)OCO2. The molecule has 28 heavy (non-hydrogen) atoms. The first-order valence-corrected chi connectivity index (χ1v) is 10.0. The number of hydrogen-bond donors (Lipinski definition) is 0. The molecule has 0 saturated heterocycles. The van der Waals surface area contributed by atoms with Crippen molar-refractivity contribution in [2.75, 3.05) is 6.79 Å². The minimum absolute atomic E-state index is 0.0603. The van der Waals surface area contributed by atoms with E-state index in [9.17, 15) is 4.79 Å². The van der Waals surface area contributed by atoms with Crippen molar-refractivity contribution < 1.29 is 9.47 Å². The Hall–Kier alpha value is -2.38. The highest BCUT2D eigenvalue weighted by atomic mass is 79.9. The molecule has 2 aromatic carbocycles. The van der Waals surface area contributed by atoms with Crippen LogP contribution in [0.25, 0.3) is 10.9 Å². The van der Waals surface area contributed by atoms with E-state index in [0.717, 1.165) is 10.9 Å². The van der Waals surface area contributed by atoms with Gasteiger partial charge in [-0.25, -0.2) is 4.98 Å². The van der Waals surface area contributed by atoms with Crippen LogP contribution in [0.5, 0.6) is 11.5 Å². The van der Waals surface area contributed by atoms with Crippen molar-refractivity contribution in [2.24, 2.45) is 5.10 Å².